The van der Waals surface area contributed by atoms with Gasteiger partial charge in [-0.15, -0.1) is 0 Å². The van der Waals surface area contributed by atoms with Crippen LogP contribution in [0.15, 0.2) is 42.7 Å². The summed E-state index contributed by atoms with van der Waals surface area (Å²) in [5.41, 5.74) is 2.08. The molecule has 4 heteroatoms. The first-order chi connectivity index (χ1) is 8.79. The summed E-state index contributed by atoms with van der Waals surface area (Å²) in [5.74, 6) is 0. The molecule has 2 N–H and O–H groups in total. The molecule has 2 rings (SSSR count). The third-order valence-corrected chi connectivity index (χ3v) is 2.87. The topological polar surface area (TPSA) is 50.1 Å². The summed E-state index contributed by atoms with van der Waals surface area (Å²) in [5, 5.41) is 17.4. The van der Waals surface area contributed by atoms with Crippen LogP contribution >= 0.6 is 0 Å². The van der Waals surface area contributed by atoms with Crippen LogP contribution in [0.25, 0.3) is 0 Å². The lowest BCUT2D eigenvalue weighted by molar-refractivity contribution is 0.174. The van der Waals surface area contributed by atoms with Crippen LogP contribution in [-0.2, 0) is 13.1 Å². The molecule has 2 aromatic rings. The van der Waals surface area contributed by atoms with Crippen LogP contribution < -0.4 is 5.32 Å². The molecule has 0 fully saturated rings. The number of aliphatic hydroxyl groups is 1. The molecule has 0 bridgehead atoms. The van der Waals surface area contributed by atoms with Gasteiger partial charge in [0.15, 0.2) is 0 Å². The van der Waals surface area contributed by atoms with E-state index in [1.54, 1.807) is 6.20 Å². The van der Waals surface area contributed by atoms with Crippen LogP contribution in [0.5, 0.6) is 0 Å². The van der Waals surface area contributed by atoms with Gasteiger partial charge in [0.2, 0.25) is 0 Å². The molecule has 18 heavy (non-hydrogen) atoms. The summed E-state index contributed by atoms with van der Waals surface area (Å²) in [6.07, 6.45) is 3.10. The number of rotatable bonds is 6. The lowest BCUT2D eigenvalue weighted by atomic mass is 10.2. The smallest absolute Gasteiger partial charge is 0.0944 e. The van der Waals surface area contributed by atoms with Crippen LogP contribution in [0.4, 0.5) is 0 Å². The van der Waals surface area contributed by atoms with Crippen LogP contribution in [0.3, 0.4) is 0 Å². The number of aromatic nitrogens is 2. The van der Waals surface area contributed by atoms with Gasteiger partial charge in [0.05, 0.1) is 12.3 Å². The maximum Gasteiger partial charge on any atom is 0.0944 e. The maximum atomic E-state index is 9.99. The zero-order chi connectivity index (χ0) is 12.8. The maximum absolute atomic E-state index is 9.99. The number of nitrogens with one attached hydrogen (secondary N) is 1. The zero-order valence-electron chi connectivity index (χ0n) is 10.6. The Labute approximate surface area is 107 Å². The molecule has 0 spiro atoms. The molecule has 0 aliphatic heterocycles. The number of aliphatic hydroxyl groups excluding tert-OH is 1. The highest BCUT2D eigenvalue weighted by Crippen LogP contribution is 2.10. The Morgan fingerprint density at radius 3 is 2.78 bits per heavy atom. The van der Waals surface area contributed by atoms with E-state index < -0.39 is 6.10 Å². The number of benzene rings is 1. The van der Waals surface area contributed by atoms with Gasteiger partial charge in [0, 0.05) is 31.4 Å². The monoisotopic (exact) mass is 245 g/mol. The standard InChI is InChI=1S/C14H19N3O/c1-2-17-11-13(9-16-17)14(18)10-15-8-12-6-4-3-5-7-12/h3-7,9,11,14-15,18H,2,8,10H2,1H3/t14-/m1/s1. The van der Waals surface area contributed by atoms with Crippen molar-refractivity contribution in [3.8, 4) is 0 Å². The van der Waals surface area contributed by atoms with Gasteiger partial charge in [-0.3, -0.25) is 4.68 Å². The Bertz CT molecular complexity index is 467. The normalized spacial score (nSPS) is 12.6. The summed E-state index contributed by atoms with van der Waals surface area (Å²) in [4.78, 5) is 0. The molecule has 4 nitrogen and oxygen atoms in total. The van der Waals surface area contributed by atoms with Gasteiger partial charge in [-0.05, 0) is 12.5 Å². The number of nitrogens with zero attached hydrogens (tertiary/aromatic N) is 2. The van der Waals surface area contributed by atoms with Crippen LogP contribution in [-0.4, -0.2) is 21.4 Å². The molecule has 96 valence electrons. The van der Waals surface area contributed by atoms with Crippen molar-refractivity contribution in [1.29, 1.82) is 0 Å². The van der Waals surface area contributed by atoms with Crippen molar-refractivity contribution in [3.05, 3.63) is 53.9 Å². The molecule has 0 unspecified atom stereocenters. The second kappa shape index (κ2) is 6.33. The molecule has 0 amide bonds. The average molecular weight is 245 g/mol. The first-order valence-corrected chi connectivity index (χ1v) is 6.24. The molecule has 0 aliphatic rings. The first-order valence-electron chi connectivity index (χ1n) is 6.24. The predicted molar refractivity (Wildman–Crippen MR) is 71.0 cm³/mol. The molecule has 0 saturated carbocycles. The second-order valence-electron chi connectivity index (χ2n) is 4.26. The minimum atomic E-state index is -0.506. The molecule has 1 aromatic carbocycles. The van der Waals surface area contributed by atoms with Crippen molar-refractivity contribution in [3.63, 3.8) is 0 Å². The van der Waals surface area contributed by atoms with E-state index in [9.17, 15) is 5.11 Å². The van der Waals surface area contributed by atoms with E-state index in [0.717, 1.165) is 18.7 Å². The lowest BCUT2D eigenvalue weighted by Crippen LogP contribution is -2.20. The Balaban J connectivity index is 1.79. The van der Waals surface area contributed by atoms with Gasteiger partial charge in [-0.1, -0.05) is 30.3 Å². The Morgan fingerprint density at radius 1 is 1.33 bits per heavy atom. The van der Waals surface area contributed by atoms with Gasteiger partial charge in [0.25, 0.3) is 0 Å². The fraction of sp³-hybridized carbons (Fsp3) is 0.357. The summed E-state index contributed by atoms with van der Waals surface area (Å²) >= 11 is 0. The molecular formula is C14H19N3O. The van der Waals surface area contributed by atoms with Crippen molar-refractivity contribution in [2.45, 2.75) is 26.1 Å². The van der Waals surface area contributed by atoms with Gasteiger partial charge in [-0.25, -0.2) is 0 Å². The SMILES string of the molecule is CCn1cc([C@H](O)CNCc2ccccc2)cn1. The van der Waals surface area contributed by atoms with E-state index >= 15 is 0 Å². The number of aryl methyl sites for hydroxylation is 1. The van der Waals surface area contributed by atoms with Crippen LogP contribution in [0, 0.1) is 0 Å². The van der Waals surface area contributed by atoms with Crippen molar-refractivity contribution in [2.24, 2.45) is 0 Å². The summed E-state index contributed by atoms with van der Waals surface area (Å²) in [6.45, 7) is 4.14. The highest BCUT2D eigenvalue weighted by atomic mass is 16.3. The van der Waals surface area contributed by atoms with E-state index in [1.165, 1.54) is 5.56 Å². The van der Waals surface area contributed by atoms with Crippen molar-refractivity contribution in [2.75, 3.05) is 6.54 Å². The lowest BCUT2D eigenvalue weighted by Gasteiger charge is -2.10. The van der Waals surface area contributed by atoms with Gasteiger partial charge >= 0.3 is 0 Å². The fourth-order valence-electron chi connectivity index (χ4n) is 1.79. The summed E-state index contributed by atoms with van der Waals surface area (Å²) < 4.78 is 1.82. The van der Waals surface area contributed by atoms with E-state index in [1.807, 2.05) is 36.0 Å². The van der Waals surface area contributed by atoms with E-state index in [4.69, 9.17) is 0 Å². The summed E-state index contributed by atoms with van der Waals surface area (Å²) in [6, 6.07) is 10.2. The second-order valence-corrected chi connectivity index (χ2v) is 4.26. The molecule has 1 heterocycles. The zero-order valence-corrected chi connectivity index (χ0v) is 10.6. The highest BCUT2D eigenvalue weighted by Gasteiger charge is 2.09. The van der Waals surface area contributed by atoms with Gasteiger partial charge < -0.3 is 10.4 Å². The molecule has 0 saturated heterocycles. The highest BCUT2D eigenvalue weighted by molar-refractivity contribution is 5.14. The first kappa shape index (κ1) is 12.8. The quantitative estimate of drug-likeness (QED) is 0.815. The van der Waals surface area contributed by atoms with Crippen molar-refractivity contribution >= 4 is 0 Å². The molecular weight excluding hydrogens is 226 g/mol. The predicted octanol–water partition coefficient (Wildman–Crippen LogP) is 1.73. The van der Waals surface area contributed by atoms with Crippen LogP contribution in [0.1, 0.15) is 24.2 Å². The molecule has 1 aromatic heterocycles. The van der Waals surface area contributed by atoms with E-state index in [0.29, 0.717) is 6.54 Å². The Morgan fingerprint density at radius 2 is 2.11 bits per heavy atom. The van der Waals surface area contributed by atoms with Gasteiger partial charge in [-0.2, -0.15) is 5.10 Å². The fourth-order valence-corrected chi connectivity index (χ4v) is 1.79. The Hall–Kier alpha value is -1.65. The third kappa shape index (κ3) is 3.42. The number of hydrogen-bond acceptors (Lipinski definition) is 3. The molecule has 0 radical (unpaired) electrons. The van der Waals surface area contributed by atoms with Crippen molar-refractivity contribution in [1.82, 2.24) is 15.1 Å². The molecule has 1 atom stereocenters. The van der Waals surface area contributed by atoms with Crippen molar-refractivity contribution < 1.29 is 5.11 Å². The largest absolute Gasteiger partial charge is 0.387 e. The Kier molecular flexibility index (Phi) is 4.50. The molecule has 0 aliphatic carbocycles. The van der Waals surface area contributed by atoms with E-state index in [-0.39, 0.29) is 0 Å². The number of hydrogen-bond donors (Lipinski definition) is 2. The minimum absolute atomic E-state index is 0.506. The average Bonchev–Trinajstić information content (AvgIpc) is 2.89. The van der Waals surface area contributed by atoms with E-state index in [2.05, 4.69) is 22.5 Å². The van der Waals surface area contributed by atoms with Gasteiger partial charge in [0.1, 0.15) is 0 Å². The van der Waals surface area contributed by atoms with Crippen LogP contribution in [0.2, 0.25) is 0 Å². The minimum Gasteiger partial charge on any atom is -0.387 e. The third-order valence-electron chi connectivity index (χ3n) is 2.87. The summed E-state index contributed by atoms with van der Waals surface area (Å²) in [7, 11) is 0.